The van der Waals surface area contributed by atoms with Gasteiger partial charge in [-0.25, -0.2) is 0 Å². The van der Waals surface area contributed by atoms with Crippen molar-refractivity contribution >= 4 is 44.3 Å². The molecule has 0 bridgehead atoms. The number of hydrogen-bond donors (Lipinski definition) is 0. The summed E-state index contributed by atoms with van der Waals surface area (Å²) in [5.74, 6) is 0. The van der Waals surface area contributed by atoms with Crippen molar-refractivity contribution < 1.29 is 0 Å². The zero-order valence-electron chi connectivity index (χ0n) is 18.2. The molecule has 0 saturated carbocycles. The van der Waals surface area contributed by atoms with Crippen LogP contribution < -0.4 is 5.22 Å². The van der Waals surface area contributed by atoms with Gasteiger partial charge in [-0.05, 0) is 65.7 Å². The van der Waals surface area contributed by atoms with Crippen molar-refractivity contribution in [2.45, 2.75) is 13.8 Å². The third-order valence-corrected chi connectivity index (χ3v) is 8.96. The molecule has 0 aromatic heterocycles. The molecule has 0 radical (unpaired) electrons. The van der Waals surface area contributed by atoms with E-state index in [0.29, 0.717) is 0 Å². The first-order valence-corrected chi connectivity index (χ1v) is 11.5. The predicted molar refractivity (Wildman–Crippen MR) is 136 cm³/mol. The van der Waals surface area contributed by atoms with Crippen LogP contribution in [-0.4, -0.2) is 0 Å². The normalized spacial score (nSPS) is 26.4. The summed E-state index contributed by atoms with van der Waals surface area (Å²) in [6, 6.07) is 24.9. The number of benzene rings is 4. The van der Waals surface area contributed by atoms with Crippen molar-refractivity contribution in [3.8, 4) is 0 Å². The van der Waals surface area contributed by atoms with E-state index in [1.165, 1.54) is 65.7 Å². The Hall–Kier alpha value is -3.64. The molecule has 0 aliphatic heterocycles. The number of fused-ring (bicyclic) bond motifs is 3. The van der Waals surface area contributed by atoms with Crippen LogP contribution in [0.15, 0.2) is 96.6 Å². The van der Waals surface area contributed by atoms with Crippen LogP contribution in [0.4, 0.5) is 0 Å². The summed E-state index contributed by atoms with van der Waals surface area (Å²) in [7, 11) is 0. The van der Waals surface area contributed by atoms with Gasteiger partial charge in [-0.3, -0.25) is 0 Å². The summed E-state index contributed by atoms with van der Waals surface area (Å²) in [4.78, 5) is 0. The Morgan fingerprint density at radius 1 is 0.594 bits per heavy atom. The minimum Gasteiger partial charge on any atom is -0.0616 e. The summed E-state index contributed by atoms with van der Waals surface area (Å²) in [5, 5.41) is 6.89. The van der Waals surface area contributed by atoms with Crippen LogP contribution in [0.2, 0.25) is 0 Å². The fourth-order valence-corrected chi connectivity index (χ4v) is 7.24. The average molecular weight is 407 g/mol. The van der Waals surface area contributed by atoms with Gasteiger partial charge in [0.25, 0.3) is 0 Å². The van der Waals surface area contributed by atoms with Crippen LogP contribution in [0, 0.1) is 10.8 Å². The lowest BCUT2D eigenvalue weighted by Gasteiger charge is -2.57. The Morgan fingerprint density at radius 3 is 2.19 bits per heavy atom. The third kappa shape index (κ3) is 1.62. The van der Waals surface area contributed by atoms with Crippen molar-refractivity contribution in [2.24, 2.45) is 10.8 Å². The van der Waals surface area contributed by atoms with Gasteiger partial charge in [-0.15, -0.1) is 0 Å². The molecule has 0 saturated heterocycles. The molecule has 0 amide bonds. The summed E-state index contributed by atoms with van der Waals surface area (Å²) < 4.78 is 0. The lowest BCUT2D eigenvalue weighted by atomic mass is 9.44. The first-order valence-electron chi connectivity index (χ1n) is 11.5. The molecule has 4 aliphatic carbocycles. The highest BCUT2D eigenvalue weighted by Gasteiger charge is 2.58. The van der Waals surface area contributed by atoms with E-state index in [9.17, 15) is 0 Å². The van der Waals surface area contributed by atoms with Gasteiger partial charge in [0.15, 0.2) is 0 Å². The molecule has 8 rings (SSSR count). The second-order valence-corrected chi connectivity index (χ2v) is 10.0. The molecular formula is C32H22. The molecule has 4 aromatic rings. The highest BCUT2D eigenvalue weighted by Crippen LogP contribution is 2.69. The Bertz CT molecular complexity index is 1720. The molecule has 0 spiro atoms. The lowest BCUT2D eigenvalue weighted by molar-refractivity contribution is 0.334. The van der Waals surface area contributed by atoms with Crippen molar-refractivity contribution in [1.82, 2.24) is 0 Å². The van der Waals surface area contributed by atoms with E-state index in [1.54, 1.807) is 0 Å². The van der Waals surface area contributed by atoms with E-state index in [2.05, 4.69) is 111 Å². The van der Waals surface area contributed by atoms with Crippen LogP contribution in [0.25, 0.3) is 44.3 Å². The Labute approximate surface area is 187 Å². The van der Waals surface area contributed by atoms with Crippen LogP contribution in [0.3, 0.4) is 0 Å². The fraction of sp³-hybridized carbons (Fsp3) is 0.125. The second-order valence-electron chi connectivity index (χ2n) is 10.0. The van der Waals surface area contributed by atoms with Gasteiger partial charge in [0.05, 0.1) is 0 Å². The number of rotatable bonds is 0. The first-order chi connectivity index (χ1) is 15.6. The maximum absolute atomic E-state index is 2.49. The number of allylic oxidation sites excluding steroid dienone is 7. The van der Waals surface area contributed by atoms with Gasteiger partial charge >= 0.3 is 0 Å². The molecule has 0 nitrogen and oxygen atoms in total. The van der Waals surface area contributed by atoms with Crippen LogP contribution >= 0.6 is 0 Å². The fourth-order valence-electron chi connectivity index (χ4n) is 7.24. The molecule has 0 heteroatoms. The SMILES string of the molecule is C[C@]12C3=Cc4ccccc4C1=CC=C1c4ccc5cccc6ccc(c4c56)=C(C=C3)[C@@]12C. The van der Waals surface area contributed by atoms with Gasteiger partial charge < -0.3 is 0 Å². The topological polar surface area (TPSA) is 0 Å². The number of hydrogen-bond acceptors (Lipinski definition) is 0. The van der Waals surface area contributed by atoms with Gasteiger partial charge in [-0.1, -0.05) is 111 Å². The summed E-state index contributed by atoms with van der Waals surface area (Å²) in [5.41, 5.74) is 9.68. The van der Waals surface area contributed by atoms with Crippen LogP contribution in [0.1, 0.15) is 30.5 Å². The lowest BCUT2D eigenvalue weighted by Crippen LogP contribution is -2.48. The van der Waals surface area contributed by atoms with Crippen molar-refractivity contribution in [3.63, 3.8) is 0 Å². The van der Waals surface area contributed by atoms with E-state index in [1.807, 2.05) is 0 Å². The predicted octanol–water partition coefficient (Wildman–Crippen LogP) is 7.34. The molecule has 150 valence electrons. The Balaban J connectivity index is 1.63. The second kappa shape index (κ2) is 5.22. The third-order valence-electron chi connectivity index (χ3n) is 8.96. The van der Waals surface area contributed by atoms with Gasteiger partial charge in [0.2, 0.25) is 0 Å². The first kappa shape index (κ1) is 17.0. The van der Waals surface area contributed by atoms with E-state index in [-0.39, 0.29) is 10.8 Å². The van der Waals surface area contributed by atoms with Gasteiger partial charge in [0, 0.05) is 10.8 Å². The van der Waals surface area contributed by atoms with Crippen LogP contribution in [-0.2, 0) is 0 Å². The molecule has 0 fully saturated rings. The Kier molecular flexibility index (Phi) is 2.77. The molecule has 4 aliphatic rings. The molecule has 4 aromatic carbocycles. The van der Waals surface area contributed by atoms with E-state index >= 15 is 0 Å². The molecule has 0 N–H and O–H groups in total. The molecule has 32 heavy (non-hydrogen) atoms. The molecule has 2 atom stereocenters. The monoisotopic (exact) mass is 406 g/mol. The minimum absolute atomic E-state index is 0.0972. The molecule has 0 heterocycles. The maximum Gasteiger partial charge on any atom is 0.0321 e. The summed E-state index contributed by atoms with van der Waals surface area (Å²) in [6.45, 7) is 4.96. The van der Waals surface area contributed by atoms with E-state index in [0.717, 1.165) is 0 Å². The largest absolute Gasteiger partial charge is 0.0616 e. The smallest absolute Gasteiger partial charge is 0.0321 e. The zero-order valence-corrected chi connectivity index (χ0v) is 18.2. The molecular weight excluding hydrogens is 384 g/mol. The quantitative estimate of drug-likeness (QED) is 0.287. The van der Waals surface area contributed by atoms with Crippen LogP contribution in [0.5, 0.6) is 0 Å². The molecule has 0 unspecified atom stereocenters. The summed E-state index contributed by atoms with van der Waals surface area (Å²) >= 11 is 0. The van der Waals surface area contributed by atoms with Gasteiger partial charge in [-0.2, -0.15) is 0 Å². The Morgan fingerprint density at radius 2 is 1.34 bits per heavy atom. The van der Waals surface area contributed by atoms with Crippen molar-refractivity contribution in [2.75, 3.05) is 0 Å². The van der Waals surface area contributed by atoms with E-state index in [4.69, 9.17) is 0 Å². The van der Waals surface area contributed by atoms with Crippen molar-refractivity contribution in [1.29, 1.82) is 0 Å². The van der Waals surface area contributed by atoms with Gasteiger partial charge in [0.1, 0.15) is 0 Å². The maximum atomic E-state index is 2.49. The zero-order chi connectivity index (χ0) is 21.2. The average Bonchev–Trinajstić information content (AvgIpc) is 2.81. The highest BCUT2D eigenvalue weighted by molar-refractivity contribution is 6.18. The van der Waals surface area contributed by atoms with E-state index < -0.39 is 0 Å². The summed E-state index contributed by atoms with van der Waals surface area (Å²) in [6.07, 6.45) is 12.0. The minimum atomic E-state index is -0.113. The standard InChI is InChI=1S/C32H22/c1-31-22-12-15-27-24-13-10-19-7-5-8-20-11-14-25(30(24)29(19)20)28(32(27,31)2)17-16-26(31)23-9-4-3-6-21(23)18-22/h3-18H,1-2H3/t31-,32-/m0/s1. The van der Waals surface area contributed by atoms with Crippen molar-refractivity contribution in [3.05, 3.63) is 119 Å². The highest BCUT2D eigenvalue weighted by atomic mass is 14.6.